The van der Waals surface area contributed by atoms with Gasteiger partial charge in [0.2, 0.25) is 0 Å². The zero-order chi connectivity index (χ0) is 11.5. The summed E-state index contributed by atoms with van der Waals surface area (Å²) in [6.07, 6.45) is 6.54. The molecule has 0 radical (unpaired) electrons. The van der Waals surface area contributed by atoms with E-state index in [2.05, 4.69) is 11.9 Å². The van der Waals surface area contributed by atoms with Crippen molar-refractivity contribution >= 4 is 0 Å². The number of pyridine rings is 1. The maximum absolute atomic E-state index is 13.2. The predicted molar refractivity (Wildman–Crippen MR) is 62.5 cm³/mol. The Bertz CT molecular complexity index is 354. The summed E-state index contributed by atoms with van der Waals surface area (Å²) in [6.45, 7) is 2.94. The van der Waals surface area contributed by atoms with Gasteiger partial charge < -0.3 is 5.73 Å². The van der Waals surface area contributed by atoms with Crippen LogP contribution in [-0.4, -0.2) is 11.5 Å². The minimum absolute atomic E-state index is 0.244. The normalized spacial score (nSPS) is 30.3. The molecule has 0 spiro atoms. The number of nitrogens with zero attached hydrogens (tertiary/aromatic N) is 1. The second-order valence-electron chi connectivity index (χ2n) is 4.96. The number of aromatic nitrogens is 1. The Morgan fingerprint density at radius 3 is 2.94 bits per heavy atom. The van der Waals surface area contributed by atoms with Crippen molar-refractivity contribution < 1.29 is 4.39 Å². The van der Waals surface area contributed by atoms with Gasteiger partial charge in [-0.25, -0.2) is 4.39 Å². The summed E-state index contributed by atoms with van der Waals surface area (Å²) < 4.78 is 13.2. The van der Waals surface area contributed by atoms with Gasteiger partial charge in [-0.05, 0) is 48.8 Å². The van der Waals surface area contributed by atoms with Crippen LogP contribution in [0.4, 0.5) is 4.39 Å². The van der Waals surface area contributed by atoms with Crippen molar-refractivity contribution in [2.45, 2.75) is 32.1 Å². The van der Waals surface area contributed by atoms with Gasteiger partial charge in [0.15, 0.2) is 0 Å². The zero-order valence-electron chi connectivity index (χ0n) is 9.70. The Morgan fingerprint density at radius 2 is 2.25 bits per heavy atom. The Labute approximate surface area is 96.1 Å². The molecule has 1 heterocycles. The minimum atomic E-state index is -0.244. The minimum Gasteiger partial charge on any atom is -0.330 e. The Balaban J connectivity index is 2.22. The molecule has 1 aliphatic carbocycles. The molecule has 0 saturated heterocycles. The van der Waals surface area contributed by atoms with Crippen molar-refractivity contribution in [2.24, 2.45) is 17.6 Å². The monoisotopic (exact) mass is 222 g/mol. The molecule has 1 aliphatic rings. The number of rotatable bonds is 2. The molecule has 0 amide bonds. The van der Waals surface area contributed by atoms with Gasteiger partial charge in [-0.2, -0.15) is 0 Å². The fourth-order valence-electron chi connectivity index (χ4n) is 2.77. The van der Waals surface area contributed by atoms with Crippen molar-refractivity contribution in [3.63, 3.8) is 0 Å². The first-order valence-electron chi connectivity index (χ1n) is 6.01. The van der Waals surface area contributed by atoms with Gasteiger partial charge in [-0.15, -0.1) is 0 Å². The van der Waals surface area contributed by atoms with E-state index in [-0.39, 0.29) is 5.82 Å². The van der Waals surface area contributed by atoms with E-state index in [4.69, 9.17) is 5.73 Å². The second-order valence-corrected chi connectivity index (χ2v) is 4.96. The lowest BCUT2D eigenvalue weighted by molar-refractivity contribution is 0.253. The van der Waals surface area contributed by atoms with Gasteiger partial charge >= 0.3 is 0 Å². The number of hydrogen-bond donors (Lipinski definition) is 1. The third-order valence-corrected chi connectivity index (χ3v) is 3.71. The molecule has 88 valence electrons. The van der Waals surface area contributed by atoms with E-state index in [1.165, 1.54) is 12.6 Å². The molecular formula is C13H19FN2. The van der Waals surface area contributed by atoms with E-state index >= 15 is 0 Å². The largest absolute Gasteiger partial charge is 0.330 e. The van der Waals surface area contributed by atoms with Crippen molar-refractivity contribution in [3.05, 3.63) is 29.8 Å². The summed E-state index contributed by atoms with van der Waals surface area (Å²) in [6, 6.07) is 1.61. The SMILES string of the molecule is CC1CCC(CN)C(c2cncc(F)c2)C1. The van der Waals surface area contributed by atoms with E-state index in [0.717, 1.165) is 18.4 Å². The summed E-state index contributed by atoms with van der Waals surface area (Å²) in [4.78, 5) is 3.94. The fourth-order valence-corrected chi connectivity index (χ4v) is 2.77. The molecule has 1 saturated carbocycles. The molecule has 3 unspecified atom stereocenters. The third kappa shape index (κ3) is 2.40. The van der Waals surface area contributed by atoms with Crippen molar-refractivity contribution in [1.29, 1.82) is 0 Å². The van der Waals surface area contributed by atoms with Crippen LogP contribution in [0.5, 0.6) is 0 Å². The van der Waals surface area contributed by atoms with Crippen LogP contribution in [0.1, 0.15) is 37.7 Å². The fraction of sp³-hybridized carbons (Fsp3) is 0.615. The average molecular weight is 222 g/mol. The number of halogens is 1. The highest BCUT2D eigenvalue weighted by molar-refractivity contribution is 5.18. The molecule has 16 heavy (non-hydrogen) atoms. The maximum atomic E-state index is 13.2. The molecule has 2 rings (SSSR count). The van der Waals surface area contributed by atoms with E-state index in [1.807, 2.05) is 0 Å². The Hall–Kier alpha value is -0.960. The van der Waals surface area contributed by atoms with Crippen molar-refractivity contribution in [2.75, 3.05) is 6.54 Å². The van der Waals surface area contributed by atoms with Crippen LogP contribution in [0.15, 0.2) is 18.5 Å². The second kappa shape index (κ2) is 4.91. The van der Waals surface area contributed by atoms with Crippen molar-refractivity contribution in [1.82, 2.24) is 4.98 Å². The summed E-state index contributed by atoms with van der Waals surface area (Å²) in [7, 11) is 0. The summed E-state index contributed by atoms with van der Waals surface area (Å²) >= 11 is 0. The molecule has 1 fully saturated rings. The van der Waals surface area contributed by atoms with Crippen LogP contribution in [-0.2, 0) is 0 Å². The van der Waals surface area contributed by atoms with E-state index in [0.29, 0.717) is 24.3 Å². The van der Waals surface area contributed by atoms with E-state index in [1.54, 1.807) is 12.3 Å². The van der Waals surface area contributed by atoms with E-state index < -0.39 is 0 Å². The highest BCUT2D eigenvalue weighted by atomic mass is 19.1. The summed E-state index contributed by atoms with van der Waals surface area (Å²) in [5, 5.41) is 0. The molecule has 1 aromatic rings. The highest BCUT2D eigenvalue weighted by Gasteiger charge is 2.29. The number of nitrogens with two attached hydrogens (primary N) is 1. The lowest BCUT2D eigenvalue weighted by Crippen LogP contribution is -2.28. The first kappa shape index (κ1) is 11.5. The smallest absolute Gasteiger partial charge is 0.141 e. The first-order chi connectivity index (χ1) is 7.70. The van der Waals surface area contributed by atoms with Crippen LogP contribution >= 0.6 is 0 Å². The number of hydrogen-bond acceptors (Lipinski definition) is 2. The van der Waals surface area contributed by atoms with Gasteiger partial charge in [0.25, 0.3) is 0 Å². The van der Waals surface area contributed by atoms with Crippen LogP contribution in [0.3, 0.4) is 0 Å². The lowest BCUT2D eigenvalue weighted by atomic mass is 9.72. The topological polar surface area (TPSA) is 38.9 Å². The molecule has 0 aromatic carbocycles. The van der Waals surface area contributed by atoms with Gasteiger partial charge in [-0.1, -0.05) is 13.3 Å². The molecule has 3 atom stereocenters. The molecule has 2 N–H and O–H groups in total. The van der Waals surface area contributed by atoms with Crippen LogP contribution in [0.25, 0.3) is 0 Å². The standard InChI is InChI=1S/C13H19FN2/c1-9-2-3-10(6-15)13(4-9)11-5-12(14)8-16-7-11/h5,7-10,13H,2-4,6,15H2,1H3. The molecule has 3 heteroatoms. The van der Waals surface area contributed by atoms with Crippen LogP contribution < -0.4 is 5.73 Å². The summed E-state index contributed by atoms with van der Waals surface area (Å²) in [5.41, 5.74) is 6.82. The highest BCUT2D eigenvalue weighted by Crippen LogP contribution is 2.39. The molecule has 1 aromatic heterocycles. The molecule has 2 nitrogen and oxygen atoms in total. The quantitative estimate of drug-likeness (QED) is 0.835. The Kier molecular flexibility index (Phi) is 3.54. The average Bonchev–Trinajstić information content (AvgIpc) is 2.29. The predicted octanol–water partition coefficient (Wildman–Crippen LogP) is 2.70. The lowest BCUT2D eigenvalue weighted by Gasteiger charge is -2.34. The van der Waals surface area contributed by atoms with Gasteiger partial charge in [-0.3, -0.25) is 4.98 Å². The maximum Gasteiger partial charge on any atom is 0.141 e. The first-order valence-corrected chi connectivity index (χ1v) is 6.01. The van der Waals surface area contributed by atoms with Crippen molar-refractivity contribution in [3.8, 4) is 0 Å². The van der Waals surface area contributed by atoms with E-state index in [9.17, 15) is 4.39 Å². The molecule has 0 bridgehead atoms. The third-order valence-electron chi connectivity index (χ3n) is 3.71. The van der Waals surface area contributed by atoms with Gasteiger partial charge in [0.05, 0.1) is 6.20 Å². The van der Waals surface area contributed by atoms with Crippen LogP contribution in [0, 0.1) is 17.7 Å². The van der Waals surface area contributed by atoms with Gasteiger partial charge in [0.1, 0.15) is 5.82 Å². The van der Waals surface area contributed by atoms with Gasteiger partial charge in [0, 0.05) is 6.20 Å². The summed E-state index contributed by atoms with van der Waals surface area (Å²) in [5.74, 6) is 1.33. The molecular weight excluding hydrogens is 203 g/mol. The molecule has 0 aliphatic heterocycles. The van der Waals surface area contributed by atoms with Crippen LogP contribution in [0.2, 0.25) is 0 Å². The zero-order valence-corrected chi connectivity index (χ0v) is 9.70. The Morgan fingerprint density at radius 1 is 1.44 bits per heavy atom.